The molecule has 0 unspecified atom stereocenters. The molecule has 1 amide bonds. The summed E-state index contributed by atoms with van der Waals surface area (Å²) in [6.45, 7) is 0.941. The molecule has 0 radical (unpaired) electrons. The number of amides is 1. The third-order valence-electron chi connectivity index (χ3n) is 3.51. The first kappa shape index (κ1) is 11.8. The molecule has 92 valence electrons. The van der Waals surface area contributed by atoms with Gasteiger partial charge in [0.25, 0.3) is 5.91 Å². The molecule has 5 heteroatoms. The van der Waals surface area contributed by atoms with Crippen LogP contribution in [-0.2, 0) is 9.53 Å². The van der Waals surface area contributed by atoms with Gasteiger partial charge in [-0.15, -0.1) is 0 Å². The molecule has 1 aliphatic carbocycles. The minimum Gasteiger partial charge on any atom is -0.386 e. The first-order valence-electron chi connectivity index (χ1n) is 5.85. The molecule has 2 fully saturated rings. The van der Waals surface area contributed by atoms with E-state index < -0.39 is 11.2 Å². The molecule has 2 aliphatic rings. The highest BCUT2D eigenvalue weighted by atomic mass is 16.5. The van der Waals surface area contributed by atoms with Gasteiger partial charge in [-0.1, -0.05) is 0 Å². The summed E-state index contributed by atoms with van der Waals surface area (Å²) in [7, 11) is 0. The van der Waals surface area contributed by atoms with E-state index in [1.165, 1.54) is 0 Å². The monoisotopic (exact) mass is 229 g/mol. The lowest BCUT2D eigenvalue weighted by Gasteiger charge is -2.25. The van der Waals surface area contributed by atoms with E-state index in [0.29, 0.717) is 25.9 Å². The summed E-state index contributed by atoms with van der Waals surface area (Å²) in [5.41, 5.74) is -2.17. The fourth-order valence-electron chi connectivity index (χ4n) is 2.33. The Bertz CT molecular complexity index is 267. The van der Waals surface area contributed by atoms with E-state index in [1.54, 1.807) is 0 Å². The molecule has 16 heavy (non-hydrogen) atoms. The van der Waals surface area contributed by atoms with Crippen molar-refractivity contribution < 1.29 is 19.7 Å². The van der Waals surface area contributed by atoms with Crippen LogP contribution < -0.4 is 5.32 Å². The van der Waals surface area contributed by atoms with Crippen LogP contribution in [0.15, 0.2) is 0 Å². The van der Waals surface area contributed by atoms with Gasteiger partial charge in [-0.25, -0.2) is 0 Å². The van der Waals surface area contributed by atoms with Crippen molar-refractivity contribution in [1.82, 2.24) is 5.32 Å². The summed E-state index contributed by atoms with van der Waals surface area (Å²) >= 11 is 0. The van der Waals surface area contributed by atoms with Crippen LogP contribution >= 0.6 is 0 Å². The molecule has 0 aromatic heterocycles. The van der Waals surface area contributed by atoms with Crippen LogP contribution in [0.4, 0.5) is 0 Å². The van der Waals surface area contributed by atoms with Crippen LogP contribution in [0.25, 0.3) is 0 Å². The van der Waals surface area contributed by atoms with E-state index in [4.69, 9.17) is 4.74 Å². The predicted octanol–water partition coefficient (Wildman–Crippen LogP) is -0.441. The largest absolute Gasteiger partial charge is 0.386 e. The Morgan fingerprint density at radius 2 is 1.94 bits per heavy atom. The lowest BCUT2D eigenvalue weighted by Crippen LogP contribution is -2.50. The summed E-state index contributed by atoms with van der Waals surface area (Å²) in [4.78, 5) is 11.8. The second-order valence-electron chi connectivity index (χ2n) is 4.95. The van der Waals surface area contributed by atoms with Crippen LogP contribution in [-0.4, -0.2) is 47.1 Å². The van der Waals surface area contributed by atoms with E-state index in [2.05, 4.69) is 5.32 Å². The molecular formula is C11H19NO4. The molecule has 1 heterocycles. The Balaban J connectivity index is 1.83. The lowest BCUT2D eigenvalue weighted by atomic mass is 9.99. The molecule has 5 nitrogen and oxygen atoms in total. The van der Waals surface area contributed by atoms with Crippen LogP contribution in [0.3, 0.4) is 0 Å². The van der Waals surface area contributed by atoms with Gasteiger partial charge in [-0.05, 0) is 25.7 Å². The predicted molar refractivity (Wildman–Crippen MR) is 56.8 cm³/mol. The minimum absolute atomic E-state index is 0.161. The summed E-state index contributed by atoms with van der Waals surface area (Å²) in [5.74, 6) is -0.356. The number of hydrogen-bond acceptors (Lipinski definition) is 4. The van der Waals surface area contributed by atoms with E-state index in [1.807, 2.05) is 0 Å². The third-order valence-corrected chi connectivity index (χ3v) is 3.51. The van der Waals surface area contributed by atoms with Gasteiger partial charge >= 0.3 is 0 Å². The molecule has 0 bridgehead atoms. The summed E-state index contributed by atoms with van der Waals surface area (Å²) in [5, 5.41) is 22.6. The van der Waals surface area contributed by atoms with E-state index in [0.717, 1.165) is 12.8 Å². The van der Waals surface area contributed by atoms with Gasteiger partial charge in [0.2, 0.25) is 0 Å². The Morgan fingerprint density at radius 3 is 2.50 bits per heavy atom. The van der Waals surface area contributed by atoms with Crippen LogP contribution in [0.2, 0.25) is 0 Å². The summed E-state index contributed by atoms with van der Waals surface area (Å²) in [6, 6.07) is 0. The topological polar surface area (TPSA) is 78.8 Å². The van der Waals surface area contributed by atoms with E-state index in [-0.39, 0.29) is 19.1 Å². The zero-order valence-electron chi connectivity index (χ0n) is 9.37. The second kappa shape index (κ2) is 4.31. The van der Waals surface area contributed by atoms with Crippen molar-refractivity contribution in [1.29, 1.82) is 0 Å². The van der Waals surface area contributed by atoms with Crippen molar-refractivity contribution in [2.45, 2.75) is 43.3 Å². The van der Waals surface area contributed by atoms with Gasteiger partial charge in [-0.2, -0.15) is 0 Å². The zero-order chi connectivity index (χ0) is 11.6. The first-order valence-corrected chi connectivity index (χ1v) is 5.85. The quantitative estimate of drug-likeness (QED) is 0.613. The first-order chi connectivity index (χ1) is 7.54. The van der Waals surface area contributed by atoms with Crippen molar-refractivity contribution in [3.05, 3.63) is 0 Å². The molecule has 1 aliphatic heterocycles. The van der Waals surface area contributed by atoms with Gasteiger partial charge in [0.05, 0.1) is 6.61 Å². The van der Waals surface area contributed by atoms with Gasteiger partial charge < -0.3 is 20.3 Å². The maximum absolute atomic E-state index is 11.8. The van der Waals surface area contributed by atoms with Gasteiger partial charge in [-0.3, -0.25) is 4.79 Å². The number of nitrogens with one attached hydrogen (secondary N) is 1. The highest BCUT2D eigenvalue weighted by molar-refractivity contribution is 5.85. The highest BCUT2D eigenvalue weighted by Gasteiger charge is 2.40. The number of hydrogen-bond donors (Lipinski definition) is 3. The second-order valence-corrected chi connectivity index (χ2v) is 4.95. The third kappa shape index (κ3) is 2.36. The van der Waals surface area contributed by atoms with E-state index >= 15 is 0 Å². The number of aliphatic hydroxyl groups is 2. The Labute approximate surface area is 94.8 Å². The normalized spacial score (nSPS) is 32.9. The van der Waals surface area contributed by atoms with E-state index in [9.17, 15) is 15.0 Å². The fourth-order valence-corrected chi connectivity index (χ4v) is 2.33. The number of ether oxygens (including phenoxy) is 1. The zero-order valence-corrected chi connectivity index (χ0v) is 9.37. The maximum Gasteiger partial charge on any atom is 0.252 e. The molecule has 3 N–H and O–H groups in total. The van der Waals surface area contributed by atoms with Crippen molar-refractivity contribution in [3.63, 3.8) is 0 Å². The summed E-state index contributed by atoms with van der Waals surface area (Å²) in [6.07, 6.45) is 3.35. The number of rotatable bonds is 3. The van der Waals surface area contributed by atoms with Gasteiger partial charge in [0.15, 0.2) is 0 Å². The standard InChI is InChI=1S/C11H19NO4/c13-9(11(15)3-1-2-4-11)12-7-10(14)5-6-16-8-10/h14-15H,1-8H2,(H,12,13)/t10-/m1/s1. The molecule has 0 spiro atoms. The average Bonchev–Trinajstić information content (AvgIpc) is 2.86. The molecule has 1 saturated carbocycles. The molecule has 1 atom stereocenters. The maximum atomic E-state index is 11.8. The molecule has 0 aromatic rings. The minimum atomic E-state index is -1.21. The van der Waals surface area contributed by atoms with Crippen molar-refractivity contribution in [3.8, 4) is 0 Å². The number of carbonyl (C=O) groups is 1. The SMILES string of the molecule is O=C(NC[C@]1(O)CCOC1)C1(O)CCCC1. The molecule has 2 rings (SSSR count). The van der Waals surface area contributed by atoms with Crippen molar-refractivity contribution in [2.75, 3.05) is 19.8 Å². The molecule has 0 aromatic carbocycles. The fraction of sp³-hybridized carbons (Fsp3) is 0.909. The Kier molecular flexibility index (Phi) is 3.19. The van der Waals surface area contributed by atoms with Crippen LogP contribution in [0.1, 0.15) is 32.1 Å². The van der Waals surface area contributed by atoms with Crippen molar-refractivity contribution >= 4 is 5.91 Å². The molecular weight excluding hydrogens is 210 g/mol. The lowest BCUT2D eigenvalue weighted by molar-refractivity contribution is -0.140. The van der Waals surface area contributed by atoms with Crippen molar-refractivity contribution in [2.24, 2.45) is 0 Å². The Morgan fingerprint density at radius 1 is 1.25 bits per heavy atom. The number of carbonyl (C=O) groups excluding carboxylic acids is 1. The summed E-state index contributed by atoms with van der Waals surface area (Å²) < 4.78 is 5.08. The van der Waals surface area contributed by atoms with Crippen LogP contribution in [0.5, 0.6) is 0 Å². The highest BCUT2D eigenvalue weighted by Crippen LogP contribution is 2.29. The van der Waals surface area contributed by atoms with Crippen LogP contribution in [0, 0.1) is 0 Å². The van der Waals surface area contributed by atoms with Gasteiger partial charge in [0, 0.05) is 19.6 Å². The smallest absolute Gasteiger partial charge is 0.252 e. The van der Waals surface area contributed by atoms with Gasteiger partial charge in [0.1, 0.15) is 11.2 Å². The average molecular weight is 229 g/mol. The Hall–Kier alpha value is -0.650. The molecule has 1 saturated heterocycles.